The van der Waals surface area contributed by atoms with Crippen molar-refractivity contribution < 1.29 is 19.4 Å². The maximum atomic E-state index is 12.2. The topological polar surface area (TPSA) is 59.0 Å². The molecule has 1 rings (SSSR count). The molecule has 0 bridgehead atoms. The Bertz CT molecular complexity index is 414. The van der Waals surface area contributed by atoms with Gasteiger partial charge in [-0.2, -0.15) is 0 Å². The fraction of sp³-hybridized carbons (Fsp3) is 0.562. The van der Waals surface area contributed by atoms with Crippen LogP contribution in [0, 0.1) is 0 Å². The Morgan fingerprint density at radius 2 is 1.86 bits per heavy atom. The normalized spacial score (nSPS) is 11.2. The van der Waals surface area contributed by atoms with Crippen molar-refractivity contribution in [3.8, 4) is 0 Å². The maximum Gasteiger partial charge on any atom is 0.410 e. The minimum atomic E-state index is -0.530. The van der Waals surface area contributed by atoms with E-state index in [4.69, 9.17) is 14.6 Å². The summed E-state index contributed by atoms with van der Waals surface area (Å²) >= 11 is 0. The number of rotatable bonds is 7. The molecule has 1 aromatic rings. The second-order valence-electron chi connectivity index (χ2n) is 5.72. The third-order valence-corrected chi connectivity index (χ3v) is 2.61. The average molecular weight is 295 g/mol. The molecule has 1 amide bonds. The Labute approximate surface area is 126 Å². The van der Waals surface area contributed by atoms with Gasteiger partial charge in [0.1, 0.15) is 5.60 Å². The number of amides is 1. The van der Waals surface area contributed by atoms with Crippen LogP contribution in [0.1, 0.15) is 26.3 Å². The summed E-state index contributed by atoms with van der Waals surface area (Å²) in [5, 5.41) is 8.70. The molecule has 1 aromatic carbocycles. The molecule has 0 heterocycles. The number of hydrogen-bond donors (Lipinski definition) is 1. The van der Waals surface area contributed by atoms with Gasteiger partial charge >= 0.3 is 6.09 Å². The molecule has 1 N–H and O–H groups in total. The number of nitrogens with zero attached hydrogens (tertiary/aromatic N) is 1. The van der Waals surface area contributed by atoms with Crippen LogP contribution in [0.15, 0.2) is 30.3 Å². The molecule has 0 aliphatic carbocycles. The molecule has 0 saturated carbocycles. The minimum absolute atomic E-state index is 0.0227. The van der Waals surface area contributed by atoms with Crippen molar-refractivity contribution in [3.05, 3.63) is 35.9 Å². The lowest BCUT2D eigenvalue weighted by Crippen LogP contribution is -2.38. The molecule has 0 spiro atoms. The van der Waals surface area contributed by atoms with E-state index in [0.29, 0.717) is 19.7 Å². The van der Waals surface area contributed by atoms with Crippen LogP contribution in [0.25, 0.3) is 0 Å². The zero-order chi connectivity index (χ0) is 15.7. The summed E-state index contributed by atoms with van der Waals surface area (Å²) in [7, 11) is 0. The number of carbonyl (C=O) groups excluding carboxylic acids is 1. The first-order valence-corrected chi connectivity index (χ1v) is 7.13. The standard InChI is InChI=1S/C16H25NO4/c1-16(2,3)21-15(19)17(9-11-20-12-10-18)13-14-7-5-4-6-8-14/h4-8,18H,9-13H2,1-3H3. The second kappa shape index (κ2) is 8.64. The number of aliphatic hydroxyl groups is 1. The molecular weight excluding hydrogens is 270 g/mol. The zero-order valence-corrected chi connectivity index (χ0v) is 13.0. The van der Waals surface area contributed by atoms with Gasteiger partial charge in [-0.3, -0.25) is 0 Å². The van der Waals surface area contributed by atoms with E-state index in [9.17, 15) is 4.79 Å². The van der Waals surface area contributed by atoms with Gasteiger partial charge in [0.05, 0.1) is 19.8 Å². The summed E-state index contributed by atoms with van der Waals surface area (Å²) < 4.78 is 10.6. The van der Waals surface area contributed by atoms with E-state index in [-0.39, 0.29) is 19.3 Å². The van der Waals surface area contributed by atoms with Crippen LogP contribution in [0.5, 0.6) is 0 Å². The van der Waals surface area contributed by atoms with Crippen LogP contribution in [0.2, 0.25) is 0 Å². The van der Waals surface area contributed by atoms with Crippen molar-refractivity contribution >= 4 is 6.09 Å². The van der Waals surface area contributed by atoms with E-state index < -0.39 is 5.60 Å². The monoisotopic (exact) mass is 295 g/mol. The Morgan fingerprint density at radius 1 is 1.19 bits per heavy atom. The van der Waals surface area contributed by atoms with E-state index in [0.717, 1.165) is 5.56 Å². The van der Waals surface area contributed by atoms with Gasteiger partial charge in [-0.25, -0.2) is 4.79 Å². The molecule has 21 heavy (non-hydrogen) atoms. The first kappa shape index (κ1) is 17.5. The van der Waals surface area contributed by atoms with Gasteiger partial charge < -0.3 is 19.5 Å². The number of ether oxygens (including phenoxy) is 2. The predicted molar refractivity (Wildman–Crippen MR) is 81.0 cm³/mol. The molecule has 0 aliphatic heterocycles. The number of aliphatic hydroxyl groups excluding tert-OH is 1. The van der Waals surface area contributed by atoms with E-state index in [1.165, 1.54) is 0 Å². The lowest BCUT2D eigenvalue weighted by molar-refractivity contribution is 0.0136. The first-order valence-electron chi connectivity index (χ1n) is 7.13. The van der Waals surface area contributed by atoms with Gasteiger partial charge in [0, 0.05) is 13.1 Å². The Hall–Kier alpha value is -1.59. The summed E-state index contributed by atoms with van der Waals surface area (Å²) in [5.41, 5.74) is 0.503. The molecule has 0 saturated heterocycles. The summed E-state index contributed by atoms with van der Waals surface area (Å²) in [6, 6.07) is 9.74. The molecule has 0 atom stereocenters. The lowest BCUT2D eigenvalue weighted by Gasteiger charge is -2.27. The van der Waals surface area contributed by atoms with E-state index in [1.54, 1.807) is 4.90 Å². The van der Waals surface area contributed by atoms with Gasteiger partial charge in [-0.05, 0) is 26.3 Å². The van der Waals surface area contributed by atoms with Crippen LogP contribution >= 0.6 is 0 Å². The number of carbonyl (C=O) groups is 1. The van der Waals surface area contributed by atoms with E-state index >= 15 is 0 Å². The van der Waals surface area contributed by atoms with Gasteiger partial charge in [0.15, 0.2) is 0 Å². The Balaban J connectivity index is 2.62. The largest absolute Gasteiger partial charge is 0.444 e. The van der Waals surface area contributed by atoms with E-state index in [1.807, 2.05) is 51.1 Å². The molecule has 5 heteroatoms. The van der Waals surface area contributed by atoms with Crippen LogP contribution in [-0.4, -0.2) is 48.1 Å². The molecule has 0 unspecified atom stereocenters. The quantitative estimate of drug-likeness (QED) is 0.785. The summed E-state index contributed by atoms with van der Waals surface area (Å²) in [6.45, 7) is 7.03. The molecule has 0 aliphatic rings. The van der Waals surface area contributed by atoms with Crippen LogP contribution in [0.4, 0.5) is 4.79 Å². The highest BCUT2D eigenvalue weighted by Gasteiger charge is 2.22. The van der Waals surface area contributed by atoms with Crippen molar-refractivity contribution in [3.63, 3.8) is 0 Å². The van der Waals surface area contributed by atoms with Crippen molar-refractivity contribution in [2.75, 3.05) is 26.4 Å². The summed E-state index contributed by atoms with van der Waals surface area (Å²) in [5.74, 6) is 0. The number of benzene rings is 1. The zero-order valence-electron chi connectivity index (χ0n) is 13.0. The van der Waals surface area contributed by atoms with Crippen LogP contribution < -0.4 is 0 Å². The van der Waals surface area contributed by atoms with Crippen molar-refractivity contribution in [2.45, 2.75) is 32.9 Å². The highest BCUT2D eigenvalue weighted by Crippen LogP contribution is 2.12. The molecule has 118 valence electrons. The van der Waals surface area contributed by atoms with Crippen LogP contribution in [-0.2, 0) is 16.0 Å². The van der Waals surface area contributed by atoms with Crippen molar-refractivity contribution in [2.24, 2.45) is 0 Å². The SMILES string of the molecule is CC(C)(C)OC(=O)N(CCOCCO)Cc1ccccc1. The minimum Gasteiger partial charge on any atom is -0.444 e. The fourth-order valence-corrected chi connectivity index (χ4v) is 1.71. The smallest absolute Gasteiger partial charge is 0.410 e. The van der Waals surface area contributed by atoms with Gasteiger partial charge in [0.25, 0.3) is 0 Å². The fourth-order valence-electron chi connectivity index (χ4n) is 1.71. The highest BCUT2D eigenvalue weighted by atomic mass is 16.6. The molecular formula is C16H25NO4. The summed E-state index contributed by atoms with van der Waals surface area (Å²) in [6.07, 6.45) is -0.362. The average Bonchev–Trinajstić information content (AvgIpc) is 2.41. The van der Waals surface area contributed by atoms with Gasteiger partial charge in [-0.1, -0.05) is 30.3 Å². The van der Waals surface area contributed by atoms with Gasteiger partial charge in [0.2, 0.25) is 0 Å². The first-order chi connectivity index (χ1) is 9.92. The Kier molecular flexibility index (Phi) is 7.19. The highest BCUT2D eigenvalue weighted by molar-refractivity contribution is 5.68. The van der Waals surface area contributed by atoms with Gasteiger partial charge in [-0.15, -0.1) is 0 Å². The number of hydrogen-bond acceptors (Lipinski definition) is 4. The lowest BCUT2D eigenvalue weighted by atomic mass is 10.2. The third-order valence-electron chi connectivity index (χ3n) is 2.61. The van der Waals surface area contributed by atoms with Crippen molar-refractivity contribution in [1.29, 1.82) is 0 Å². The maximum absolute atomic E-state index is 12.2. The second-order valence-corrected chi connectivity index (χ2v) is 5.72. The third kappa shape index (κ3) is 7.68. The predicted octanol–water partition coefficient (Wildman–Crippen LogP) is 2.43. The van der Waals surface area contributed by atoms with Crippen molar-refractivity contribution in [1.82, 2.24) is 4.90 Å². The Morgan fingerprint density at radius 3 is 2.43 bits per heavy atom. The molecule has 5 nitrogen and oxygen atoms in total. The molecule has 0 fully saturated rings. The van der Waals surface area contributed by atoms with Crippen LogP contribution in [0.3, 0.4) is 0 Å². The van der Waals surface area contributed by atoms with E-state index in [2.05, 4.69) is 0 Å². The summed E-state index contributed by atoms with van der Waals surface area (Å²) in [4.78, 5) is 13.8. The molecule has 0 radical (unpaired) electrons. The molecule has 0 aromatic heterocycles.